The van der Waals surface area contributed by atoms with Gasteiger partial charge in [-0.3, -0.25) is 19.3 Å². The highest BCUT2D eigenvalue weighted by Gasteiger charge is 2.46. The highest BCUT2D eigenvalue weighted by Crippen LogP contribution is 2.16. The van der Waals surface area contributed by atoms with Gasteiger partial charge in [0.25, 0.3) is 0 Å². The number of methoxy groups -OCH3 is 1. The number of rotatable bonds is 5. The lowest BCUT2D eigenvalue weighted by molar-refractivity contribution is -0.905. The number of carbonyl (C=O) groups is 4. The number of quaternary nitrogens is 1. The van der Waals surface area contributed by atoms with E-state index in [2.05, 4.69) is 0 Å². The molecule has 26 heavy (non-hydrogen) atoms. The lowest BCUT2D eigenvalue weighted by Gasteiger charge is -2.29. The van der Waals surface area contributed by atoms with Crippen LogP contribution in [0.4, 0.5) is 4.79 Å². The molecular formula is C17H20N3O5S+. The molecular weight excluding hydrogens is 358 g/mol. The predicted octanol–water partition coefficient (Wildman–Crippen LogP) is -0.892. The van der Waals surface area contributed by atoms with Gasteiger partial charge < -0.3 is 9.64 Å². The summed E-state index contributed by atoms with van der Waals surface area (Å²) >= 11 is 1.50. The van der Waals surface area contributed by atoms with Crippen LogP contribution in [0, 0.1) is 0 Å². The number of benzene rings is 1. The number of hydrogen-bond donors (Lipinski definition) is 1. The van der Waals surface area contributed by atoms with Crippen LogP contribution in [-0.2, 0) is 25.7 Å². The number of thioether (sulfide) groups is 1. The van der Waals surface area contributed by atoms with Gasteiger partial charge in [0.05, 0.1) is 20.2 Å². The summed E-state index contributed by atoms with van der Waals surface area (Å²) < 4.78 is 4.77. The standard InChI is InChI=1S/C17H19N3O5S/c1-25-16(23)13-10-18(7-8-26-13)11-20-15(22)14(21)19(17(20)24)9-12-5-3-2-4-6-12/h2-6,13H,7-11H2,1H3/p+1/t13-/m0/s1. The van der Waals surface area contributed by atoms with Crippen molar-refractivity contribution in [3.63, 3.8) is 0 Å². The number of nitrogens with zero attached hydrogens (tertiary/aromatic N) is 2. The molecule has 9 heteroatoms. The first kappa shape index (κ1) is 18.4. The van der Waals surface area contributed by atoms with Crippen molar-refractivity contribution in [1.29, 1.82) is 0 Å². The number of esters is 1. The third-order valence-corrected chi connectivity index (χ3v) is 5.61. The summed E-state index contributed by atoms with van der Waals surface area (Å²) in [5.41, 5.74) is 0.774. The van der Waals surface area contributed by atoms with Crippen molar-refractivity contribution in [2.24, 2.45) is 0 Å². The minimum Gasteiger partial charge on any atom is -0.468 e. The van der Waals surface area contributed by atoms with E-state index >= 15 is 0 Å². The molecule has 2 fully saturated rings. The topological polar surface area (TPSA) is 88.4 Å². The van der Waals surface area contributed by atoms with Crippen molar-refractivity contribution >= 4 is 35.6 Å². The lowest BCUT2D eigenvalue weighted by Crippen LogP contribution is -3.16. The fraction of sp³-hybridized carbons (Fsp3) is 0.412. The molecule has 2 saturated heterocycles. The van der Waals surface area contributed by atoms with Crippen LogP contribution in [0.1, 0.15) is 5.56 Å². The van der Waals surface area contributed by atoms with Crippen molar-refractivity contribution in [3.8, 4) is 0 Å². The summed E-state index contributed by atoms with van der Waals surface area (Å²) in [5.74, 6) is -1.22. The zero-order valence-electron chi connectivity index (χ0n) is 14.3. The molecule has 0 bridgehead atoms. The number of hydrogen-bond acceptors (Lipinski definition) is 6. The Morgan fingerprint density at radius 1 is 1.19 bits per heavy atom. The van der Waals surface area contributed by atoms with Gasteiger partial charge in [-0.15, -0.1) is 11.8 Å². The lowest BCUT2D eigenvalue weighted by atomic mass is 10.2. The van der Waals surface area contributed by atoms with E-state index in [1.54, 1.807) is 12.1 Å². The van der Waals surface area contributed by atoms with Gasteiger partial charge in [0.2, 0.25) is 0 Å². The Labute approximate surface area is 155 Å². The van der Waals surface area contributed by atoms with Crippen molar-refractivity contribution in [2.45, 2.75) is 11.8 Å². The van der Waals surface area contributed by atoms with Gasteiger partial charge in [-0.25, -0.2) is 9.69 Å². The summed E-state index contributed by atoms with van der Waals surface area (Å²) in [6.45, 7) is 1.28. The number of imide groups is 2. The van der Waals surface area contributed by atoms with Crippen molar-refractivity contribution in [1.82, 2.24) is 9.80 Å². The highest BCUT2D eigenvalue weighted by molar-refractivity contribution is 8.00. The smallest absolute Gasteiger partial charge is 0.339 e. The zero-order chi connectivity index (χ0) is 18.7. The molecule has 4 amide bonds. The molecule has 1 aromatic carbocycles. The monoisotopic (exact) mass is 378 g/mol. The van der Waals surface area contributed by atoms with E-state index in [9.17, 15) is 19.2 Å². The predicted molar refractivity (Wildman–Crippen MR) is 93.1 cm³/mol. The molecule has 1 unspecified atom stereocenters. The third kappa shape index (κ3) is 3.73. The number of ether oxygens (including phenoxy) is 1. The molecule has 138 valence electrons. The van der Waals surface area contributed by atoms with Crippen LogP contribution in [0.5, 0.6) is 0 Å². The van der Waals surface area contributed by atoms with Crippen LogP contribution in [0.2, 0.25) is 0 Å². The van der Waals surface area contributed by atoms with Crippen LogP contribution in [0.15, 0.2) is 30.3 Å². The average molecular weight is 378 g/mol. The SMILES string of the molecule is COC(=O)[C@@H]1C[NH+](CN2C(=O)C(=O)N(Cc3ccccc3)C2=O)CCS1. The largest absolute Gasteiger partial charge is 0.468 e. The Kier molecular flexibility index (Phi) is 5.58. The minimum absolute atomic E-state index is 0.0662. The molecule has 2 heterocycles. The van der Waals surface area contributed by atoms with Gasteiger partial charge in [-0.05, 0) is 5.56 Å². The third-order valence-electron chi connectivity index (χ3n) is 4.41. The maximum atomic E-state index is 12.6. The van der Waals surface area contributed by atoms with Crippen LogP contribution < -0.4 is 4.90 Å². The minimum atomic E-state index is -0.814. The fourth-order valence-corrected chi connectivity index (χ4v) is 4.29. The Bertz CT molecular complexity index is 726. The average Bonchev–Trinajstić information content (AvgIpc) is 2.86. The van der Waals surface area contributed by atoms with E-state index in [0.717, 1.165) is 20.3 Å². The van der Waals surface area contributed by atoms with Crippen molar-refractivity contribution < 1.29 is 28.8 Å². The van der Waals surface area contributed by atoms with Crippen LogP contribution in [-0.4, -0.2) is 71.5 Å². The summed E-state index contributed by atoms with van der Waals surface area (Å²) in [7, 11) is 1.34. The van der Waals surface area contributed by atoms with E-state index in [1.165, 1.54) is 18.9 Å². The van der Waals surface area contributed by atoms with Gasteiger partial charge in [0.15, 0.2) is 11.9 Å². The first-order valence-electron chi connectivity index (χ1n) is 8.25. The van der Waals surface area contributed by atoms with Gasteiger partial charge in [0, 0.05) is 5.75 Å². The molecule has 2 aliphatic rings. The summed E-state index contributed by atoms with van der Waals surface area (Å²) in [6.07, 6.45) is 0. The molecule has 0 aromatic heterocycles. The van der Waals surface area contributed by atoms with Crippen LogP contribution in [0.3, 0.4) is 0 Å². The quantitative estimate of drug-likeness (QED) is 0.406. The van der Waals surface area contributed by atoms with Crippen molar-refractivity contribution in [3.05, 3.63) is 35.9 Å². The van der Waals surface area contributed by atoms with E-state index < -0.39 is 17.8 Å². The highest BCUT2D eigenvalue weighted by atomic mass is 32.2. The van der Waals surface area contributed by atoms with Crippen molar-refractivity contribution in [2.75, 3.05) is 32.6 Å². The van der Waals surface area contributed by atoms with E-state index in [1.807, 2.05) is 18.2 Å². The molecule has 0 saturated carbocycles. The van der Waals surface area contributed by atoms with Crippen LogP contribution in [0.25, 0.3) is 0 Å². The van der Waals surface area contributed by atoms with E-state index in [4.69, 9.17) is 4.74 Å². The molecule has 2 atom stereocenters. The fourth-order valence-electron chi connectivity index (χ4n) is 3.01. The first-order valence-corrected chi connectivity index (χ1v) is 9.30. The van der Waals surface area contributed by atoms with E-state index in [0.29, 0.717) is 18.8 Å². The van der Waals surface area contributed by atoms with E-state index in [-0.39, 0.29) is 24.4 Å². The molecule has 0 spiro atoms. The maximum Gasteiger partial charge on any atom is 0.339 e. The first-order chi connectivity index (χ1) is 12.5. The van der Waals surface area contributed by atoms with Gasteiger partial charge in [0.1, 0.15) is 6.54 Å². The number of amides is 4. The molecule has 2 aliphatic heterocycles. The molecule has 0 radical (unpaired) electrons. The normalized spacial score (nSPS) is 23.5. The number of urea groups is 1. The molecule has 3 rings (SSSR count). The Balaban J connectivity index is 1.66. The second-order valence-electron chi connectivity index (χ2n) is 6.14. The van der Waals surface area contributed by atoms with Gasteiger partial charge >= 0.3 is 23.8 Å². The Hall–Kier alpha value is -2.39. The summed E-state index contributed by atoms with van der Waals surface area (Å²) in [5, 5.41) is -0.326. The zero-order valence-corrected chi connectivity index (χ0v) is 15.2. The molecule has 1 aromatic rings. The second kappa shape index (κ2) is 7.88. The second-order valence-corrected chi connectivity index (χ2v) is 7.45. The maximum absolute atomic E-state index is 12.6. The summed E-state index contributed by atoms with van der Waals surface area (Å²) in [4.78, 5) is 51.6. The molecule has 1 N–H and O–H groups in total. The Morgan fingerprint density at radius 3 is 2.58 bits per heavy atom. The van der Waals surface area contributed by atoms with Crippen LogP contribution >= 0.6 is 11.8 Å². The summed E-state index contributed by atoms with van der Waals surface area (Å²) in [6, 6.07) is 8.43. The number of nitrogens with one attached hydrogen (secondary N) is 1. The Morgan fingerprint density at radius 2 is 1.88 bits per heavy atom. The van der Waals surface area contributed by atoms with Gasteiger partial charge in [-0.2, -0.15) is 0 Å². The number of carbonyl (C=O) groups excluding carboxylic acids is 4. The molecule has 0 aliphatic carbocycles. The molecule has 8 nitrogen and oxygen atoms in total. The van der Waals surface area contributed by atoms with Gasteiger partial charge in [-0.1, -0.05) is 30.3 Å².